The molecule has 0 atom stereocenters. The zero-order chi connectivity index (χ0) is 31.5. The van der Waals surface area contributed by atoms with Crippen molar-refractivity contribution < 1.29 is 28.7 Å². The summed E-state index contributed by atoms with van der Waals surface area (Å²) in [4.78, 5) is 63.3. The highest BCUT2D eigenvalue weighted by atomic mass is 79.9. The van der Waals surface area contributed by atoms with Crippen LogP contribution in [-0.4, -0.2) is 85.3 Å². The van der Waals surface area contributed by atoms with Gasteiger partial charge in [-0.25, -0.2) is 0 Å². The molecule has 0 radical (unpaired) electrons. The molecule has 0 saturated heterocycles. The third-order valence-electron chi connectivity index (χ3n) is 8.75. The molecule has 0 bridgehead atoms. The molecule has 2 amide bonds. The van der Waals surface area contributed by atoms with Crippen molar-refractivity contribution in [2.45, 2.75) is 103 Å². The number of alkyl halides is 1. The SMILES string of the molecule is CC(C)(CCCN(CCC(=O)OCc1ccccc1)C(=O)CN(CCCC(C)(C)[Si](C)(C)O)C(=O)CBr)[Si](C)(C)O. The second kappa shape index (κ2) is 16.3. The van der Waals surface area contributed by atoms with E-state index in [4.69, 9.17) is 4.74 Å². The topological polar surface area (TPSA) is 107 Å². The normalized spacial score (nSPS) is 12.7. The lowest BCUT2D eigenvalue weighted by Crippen LogP contribution is -2.45. The van der Waals surface area contributed by atoms with Gasteiger partial charge in [0.2, 0.25) is 11.8 Å². The van der Waals surface area contributed by atoms with E-state index in [2.05, 4.69) is 43.6 Å². The summed E-state index contributed by atoms with van der Waals surface area (Å²) in [6.07, 6.45) is 2.89. The average molecular weight is 674 g/mol. The van der Waals surface area contributed by atoms with Gasteiger partial charge in [-0.3, -0.25) is 14.4 Å². The van der Waals surface area contributed by atoms with Crippen molar-refractivity contribution in [1.29, 1.82) is 0 Å². The molecule has 0 fully saturated rings. The van der Waals surface area contributed by atoms with Crippen LogP contribution in [0.4, 0.5) is 0 Å². The van der Waals surface area contributed by atoms with Crippen molar-refractivity contribution in [3.05, 3.63) is 35.9 Å². The lowest BCUT2D eigenvalue weighted by atomic mass is 10.1. The molecule has 1 aromatic rings. The summed E-state index contributed by atoms with van der Waals surface area (Å²) >= 11 is 3.24. The van der Waals surface area contributed by atoms with Crippen LogP contribution in [-0.2, 0) is 25.7 Å². The van der Waals surface area contributed by atoms with Gasteiger partial charge < -0.3 is 24.1 Å². The fraction of sp³-hybridized carbons (Fsp3) is 0.700. The van der Waals surface area contributed by atoms with Crippen molar-refractivity contribution in [3.63, 3.8) is 0 Å². The van der Waals surface area contributed by atoms with Crippen LogP contribution in [0.5, 0.6) is 0 Å². The standard InChI is InChI=1S/C30H53BrN2O6Si2/c1-29(2,40(5,6)37)17-12-19-32(21-16-28(36)39-24-25-14-10-9-11-15-25)27(35)23-33(26(34)22-31)20-13-18-30(3,4)41(7,8)38/h9-11,14-15,37-38H,12-13,16-24H2,1-8H3. The summed E-state index contributed by atoms with van der Waals surface area (Å²) < 4.78 is 5.42. The molecule has 0 aliphatic carbocycles. The molecule has 2 N–H and O–H groups in total. The van der Waals surface area contributed by atoms with Gasteiger partial charge in [0.25, 0.3) is 0 Å². The number of esters is 1. The number of halogens is 1. The highest BCUT2D eigenvalue weighted by Crippen LogP contribution is 2.40. The largest absolute Gasteiger partial charge is 0.461 e. The summed E-state index contributed by atoms with van der Waals surface area (Å²) in [7, 11) is -4.79. The number of ether oxygens (including phenoxy) is 1. The summed E-state index contributed by atoms with van der Waals surface area (Å²) in [5.41, 5.74) is 0.895. The number of amides is 2. The summed E-state index contributed by atoms with van der Waals surface area (Å²) in [6, 6.07) is 9.44. The van der Waals surface area contributed by atoms with E-state index >= 15 is 0 Å². The minimum atomic E-state index is -2.40. The van der Waals surface area contributed by atoms with Gasteiger partial charge in [-0.15, -0.1) is 0 Å². The van der Waals surface area contributed by atoms with E-state index < -0.39 is 16.6 Å². The van der Waals surface area contributed by atoms with E-state index in [1.807, 2.05) is 56.5 Å². The van der Waals surface area contributed by atoms with E-state index in [-0.39, 0.29) is 59.3 Å². The average Bonchev–Trinajstić information content (AvgIpc) is 2.87. The van der Waals surface area contributed by atoms with Gasteiger partial charge in [-0.2, -0.15) is 0 Å². The van der Waals surface area contributed by atoms with Gasteiger partial charge in [0.1, 0.15) is 6.61 Å². The zero-order valence-electron chi connectivity index (χ0n) is 26.5. The Morgan fingerprint density at radius 2 is 1.29 bits per heavy atom. The number of carbonyl (C=O) groups is 3. The Balaban J connectivity index is 2.91. The monoisotopic (exact) mass is 672 g/mol. The molecule has 41 heavy (non-hydrogen) atoms. The fourth-order valence-electron chi connectivity index (χ4n) is 4.07. The van der Waals surface area contributed by atoms with Crippen LogP contribution in [0, 0.1) is 0 Å². The minimum absolute atomic E-state index is 0.0546. The van der Waals surface area contributed by atoms with Crippen LogP contribution in [0.2, 0.25) is 36.3 Å². The number of hydrogen-bond acceptors (Lipinski definition) is 6. The molecule has 0 aromatic heterocycles. The molecule has 11 heteroatoms. The zero-order valence-corrected chi connectivity index (χ0v) is 30.1. The van der Waals surface area contributed by atoms with Crippen molar-refractivity contribution >= 4 is 50.3 Å². The predicted molar refractivity (Wildman–Crippen MR) is 174 cm³/mol. The second-order valence-electron chi connectivity index (χ2n) is 13.3. The van der Waals surface area contributed by atoms with Gasteiger partial charge in [0, 0.05) is 19.6 Å². The molecule has 0 heterocycles. The summed E-state index contributed by atoms with van der Waals surface area (Å²) in [5.74, 6) is -0.778. The smallest absolute Gasteiger partial charge is 0.307 e. The second-order valence-corrected chi connectivity index (χ2v) is 22.8. The molecule has 0 saturated carbocycles. The Hall–Kier alpha value is -1.54. The molecule has 0 aliphatic rings. The molecule has 234 valence electrons. The molecule has 1 aromatic carbocycles. The molecular weight excluding hydrogens is 620 g/mol. The van der Waals surface area contributed by atoms with E-state index in [1.54, 1.807) is 9.80 Å². The number of hydrogen-bond donors (Lipinski definition) is 2. The van der Waals surface area contributed by atoms with Crippen LogP contribution >= 0.6 is 15.9 Å². The first-order valence-corrected chi connectivity index (χ1v) is 21.6. The molecule has 0 unspecified atom stereocenters. The first-order valence-electron chi connectivity index (χ1n) is 14.6. The van der Waals surface area contributed by atoms with Gasteiger partial charge >= 0.3 is 5.97 Å². The minimum Gasteiger partial charge on any atom is -0.461 e. The van der Waals surface area contributed by atoms with Crippen molar-refractivity contribution in [2.75, 3.05) is 31.5 Å². The Bertz CT molecular complexity index is 977. The number of benzene rings is 1. The molecule has 0 spiro atoms. The highest BCUT2D eigenvalue weighted by molar-refractivity contribution is 9.09. The Kier molecular flexibility index (Phi) is 14.9. The van der Waals surface area contributed by atoms with Crippen molar-refractivity contribution in [1.82, 2.24) is 9.80 Å². The number of carbonyl (C=O) groups excluding carboxylic acids is 3. The maximum Gasteiger partial charge on any atom is 0.307 e. The van der Waals surface area contributed by atoms with E-state index in [1.165, 1.54) is 0 Å². The third-order valence-corrected chi connectivity index (χ3v) is 16.4. The first kappa shape index (κ1) is 37.5. The summed E-state index contributed by atoms with van der Waals surface area (Å²) in [5, 5.41) is -0.339. The number of nitrogens with zero attached hydrogens (tertiary/aromatic N) is 2. The lowest BCUT2D eigenvalue weighted by Gasteiger charge is -2.36. The third kappa shape index (κ3) is 13.1. The van der Waals surface area contributed by atoms with Gasteiger partial charge in [0.05, 0.1) is 18.3 Å². The predicted octanol–water partition coefficient (Wildman–Crippen LogP) is 5.69. The summed E-state index contributed by atoms with van der Waals surface area (Å²) in [6.45, 7) is 17.0. The fourth-order valence-corrected chi connectivity index (χ4v) is 6.00. The Labute approximate surface area is 258 Å². The first-order chi connectivity index (χ1) is 18.8. The lowest BCUT2D eigenvalue weighted by molar-refractivity contribution is -0.146. The van der Waals surface area contributed by atoms with E-state index in [9.17, 15) is 24.0 Å². The quantitative estimate of drug-likeness (QED) is 0.118. The molecule has 0 aliphatic heterocycles. The van der Waals surface area contributed by atoms with Crippen LogP contribution in [0.3, 0.4) is 0 Å². The van der Waals surface area contributed by atoms with Crippen LogP contribution in [0.15, 0.2) is 30.3 Å². The highest BCUT2D eigenvalue weighted by Gasteiger charge is 2.38. The van der Waals surface area contributed by atoms with Crippen molar-refractivity contribution in [2.24, 2.45) is 0 Å². The van der Waals surface area contributed by atoms with Crippen LogP contribution < -0.4 is 0 Å². The molecule has 1 rings (SSSR count). The van der Waals surface area contributed by atoms with Crippen LogP contribution in [0.25, 0.3) is 0 Å². The van der Waals surface area contributed by atoms with E-state index in [0.29, 0.717) is 25.9 Å². The Morgan fingerprint density at radius 1 is 0.805 bits per heavy atom. The maximum absolute atomic E-state index is 13.5. The van der Waals surface area contributed by atoms with Gasteiger partial charge in [0.15, 0.2) is 16.6 Å². The maximum atomic E-state index is 13.5. The molecule has 8 nitrogen and oxygen atoms in total. The number of rotatable bonds is 18. The van der Waals surface area contributed by atoms with Gasteiger partial charge in [-0.1, -0.05) is 74.0 Å². The van der Waals surface area contributed by atoms with Gasteiger partial charge in [-0.05, 0) is 67.5 Å². The van der Waals surface area contributed by atoms with Crippen LogP contribution in [0.1, 0.15) is 65.4 Å². The van der Waals surface area contributed by atoms with E-state index in [0.717, 1.165) is 18.4 Å². The van der Waals surface area contributed by atoms with Crippen molar-refractivity contribution in [3.8, 4) is 0 Å². The molecular formula is C30H53BrN2O6Si2. The Morgan fingerprint density at radius 3 is 1.76 bits per heavy atom.